The van der Waals surface area contributed by atoms with E-state index in [1.165, 1.54) is 0 Å². The minimum Gasteiger partial charge on any atom is -0.395 e. The maximum atomic E-state index is 10.3. The van der Waals surface area contributed by atoms with Crippen LogP contribution < -0.4 is 10.2 Å². The monoisotopic (exact) mass is 353 g/mol. The SMILES string of the molecule is N#CC(C#N)=C1NC(O)C(c2ccc(N(CCO)CCO)cc2)C1C#N. The number of allylic oxidation sites excluding steroid dienone is 2. The van der Waals surface area contributed by atoms with Crippen LogP contribution in [0.25, 0.3) is 0 Å². The Balaban J connectivity index is 2.34. The van der Waals surface area contributed by atoms with E-state index in [1.807, 2.05) is 4.90 Å². The third-order valence-electron chi connectivity index (χ3n) is 4.33. The molecule has 4 N–H and O–H groups in total. The Morgan fingerprint density at radius 3 is 2.08 bits per heavy atom. The quantitative estimate of drug-likeness (QED) is 0.519. The molecule has 0 saturated carbocycles. The average molecular weight is 353 g/mol. The van der Waals surface area contributed by atoms with Crippen LogP contribution in [-0.2, 0) is 0 Å². The largest absolute Gasteiger partial charge is 0.395 e. The van der Waals surface area contributed by atoms with Crippen molar-refractivity contribution in [2.24, 2.45) is 5.92 Å². The van der Waals surface area contributed by atoms with Gasteiger partial charge in [-0.2, -0.15) is 15.8 Å². The second-order valence-electron chi connectivity index (χ2n) is 5.76. The third kappa shape index (κ3) is 3.77. The number of hydrogen-bond donors (Lipinski definition) is 4. The van der Waals surface area contributed by atoms with Gasteiger partial charge in [0.2, 0.25) is 0 Å². The van der Waals surface area contributed by atoms with E-state index in [0.29, 0.717) is 18.7 Å². The van der Waals surface area contributed by atoms with Gasteiger partial charge in [-0.1, -0.05) is 12.1 Å². The van der Waals surface area contributed by atoms with Crippen molar-refractivity contribution in [3.05, 3.63) is 41.1 Å². The van der Waals surface area contributed by atoms with Gasteiger partial charge in [0.05, 0.1) is 36.8 Å². The van der Waals surface area contributed by atoms with Crippen molar-refractivity contribution in [2.45, 2.75) is 12.1 Å². The molecule has 3 atom stereocenters. The lowest BCUT2D eigenvalue weighted by Crippen LogP contribution is -2.29. The number of rotatable bonds is 6. The van der Waals surface area contributed by atoms with Gasteiger partial charge in [0.1, 0.15) is 23.9 Å². The van der Waals surface area contributed by atoms with Crippen molar-refractivity contribution in [1.82, 2.24) is 5.32 Å². The highest BCUT2D eigenvalue weighted by molar-refractivity contribution is 5.50. The maximum absolute atomic E-state index is 10.3. The number of aliphatic hydroxyl groups is 3. The van der Waals surface area contributed by atoms with Crippen LogP contribution >= 0.6 is 0 Å². The fourth-order valence-electron chi connectivity index (χ4n) is 3.11. The summed E-state index contributed by atoms with van der Waals surface area (Å²) in [7, 11) is 0. The molecule has 1 aliphatic heterocycles. The van der Waals surface area contributed by atoms with Gasteiger partial charge in [0.25, 0.3) is 0 Å². The van der Waals surface area contributed by atoms with E-state index >= 15 is 0 Å². The minimum absolute atomic E-state index is 0.0528. The van der Waals surface area contributed by atoms with Crippen molar-refractivity contribution in [3.63, 3.8) is 0 Å². The molecule has 3 unspecified atom stereocenters. The summed E-state index contributed by atoms with van der Waals surface area (Å²) in [5, 5.41) is 58.8. The van der Waals surface area contributed by atoms with Gasteiger partial charge >= 0.3 is 0 Å². The van der Waals surface area contributed by atoms with Crippen LogP contribution in [0.15, 0.2) is 35.5 Å². The molecule has 134 valence electrons. The molecule has 0 bridgehead atoms. The van der Waals surface area contributed by atoms with Gasteiger partial charge in [-0.25, -0.2) is 0 Å². The summed E-state index contributed by atoms with van der Waals surface area (Å²) in [6, 6.07) is 12.6. The van der Waals surface area contributed by atoms with E-state index in [0.717, 1.165) is 5.69 Å². The summed E-state index contributed by atoms with van der Waals surface area (Å²) in [6.45, 7) is 0.634. The van der Waals surface area contributed by atoms with E-state index in [2.05, 4.69) is 11.4 Å². The maximum Gasteiger partial charge on any atom is 0.149 e. The molecule has 2 rings (SSSR count). The van der Waals surface area contributed by atoms with Crippen LogP contribution in [0.5, 0.6) is 0 Å². The molecule has 26 heavy (non-hydrogen) atoms. The zero-order chi connectivity index (χ0) is 19.1. The molecule has 0 radical (unpaired) electrons. The topological polar surface area (TPSA) is 147 Å². The predicted molar refractivity (Wildman–Crippen MR) is 92.1 cm³/mol. The molecule has 0 spiro atoms. The van der Waals surface area contributed by atoms with E-state index in [-0.39, 0.29) is 24.5 Å². The molecule has 0 aliphatic carbocycles. The molecule has 1 aliphatic rings. The molecule has 1 aromatic rings. The zero-order valence-corrected chi connectivity index (χ0v) is 14.0. The van der Waals surface area contributed by atoms with Gasteiger partial charge in [-0.15, -0.1) is 0 Å². The molecule has 0 aromatic heterocycles. The predicted octanol–water partition coefficient (Wildman–Crippen LogP) is -0.0762. The van der Waals surface area contributed by atoms with E-state index in [1.54, 1.807) is 36.4 Å². The lowest BCUT2D eigenvalue weighted by Gasteiger charge is -2.24. The first-order valence-electron chi connectivity index (χ1n) is 8.06. The number of nitrogens with one attached hydrogen (secondary N) is 1. The Morgan fingerprint density at radius 1 is 1.04 bits per heavy atom. The van der Waals surface area contributed by atoms with E-state index < -0.39 is 18.1 Å². The van der Waals surface area contributed by atoms with Crippen LogP contribution in [0.1, 0.15) is 11.5 Å². The molecule has 1 saturated heterocycles. The van der Waals surface area contributed by atoms with Gasteiger partial charge in [-0.05, 0) is 17.7 Å². The summed E-state index contributed by atoms with van der Waals surface area (Å²) < 4.78 is 0. The number of aliphatic hydroxyl groups excluding tert-OH is 3. The Bertz CT molecular complexity index is 763. The lowest BCUT2D eigenvalue weighted by atomic mass is 9.86. The Kier molecular flexibility index (Phi) is 6.54. The second-order valence-corrected chi connectivity index (χ2v) is 5.76. The first-order chi connectivity index (χ1) is 12.6. The molecule has 1 fully saturated rings. The highest BCUT2D eigenvalue weighted by Gasteiger charge is 2.41. The minimum atomic E-state index is -1.09. The molecule has 1 heterocycles. The Hall–Kier alpha value is -3.09. The van der Waals surface area contributed by atoms with Crippen molar-refractivity contribution in [1.29, 1.82) is 15.8 Å². The lowest BCUT2D eigenvalue weighted by molar-refractivity contribution is 0.140. The normalized spacial score (nSPS) is 21.2. The Labute approximate surface area is 151 Å². The first kappa shape index (κ1) is 19.2. The van der Waals surface area contributed by atoms with Crippen LogP contribution in [0.3, 0.4) is 0 Å². The highest BCUT2D eigenvalue weighted by Crippen LogP contribution is 2.38. The third-order valence-corrected chi connectivity index (χ3v) is 4.33. The van der Waals surface area contributed by atoms with Gasteiger partial charge in [-0.3, -0.25) is 0 Å². The summed E-state index contributed by atoms with van der Waals surface area (Å²) in [5.74, 6) is -1.46. The van der Waals surface area contributed by atoms with Crippen LogP contribution in [0.4, 0.5) is 5.69 Å². The molecule has 0 amide bonds. The average Bonchev–Trinajstić information content (AvgIpc) is 2.99. The van der Waals surface area contributed by atoms with Crippen LogP contribution in [0.2, 0.25) is 0 Å². The van der Waals surface area contributed by atoms with Crippen LogP contribution in [-0.4, -0.2) is 47.9 Å². The Morgan fingerprint density at radius 2 is 1.62 bits per heavy atom. The zero-order valence-electron chi connectivity index (χ0n) is 14.0. The highest BCUT2D eigenvalue weighted by atomic mass is 16.3. The molecule has 8 nitrogen and oxygen atoms in total. The molecular formula is C18H19N5O3. The van der Waals surface area contributed by atoms with Crippen molar-refractivity contribution in [3.8, 4) is 18.2 Å². The second kappa shape index (κ2) is 8.84. The van der Waals surface area contributed by atoms with Gasteiger partial charge in [0, 0.05) is 18.8 Å². The number of benzene rings is 1. The summed E-state index contributed by atoms with van der Waals surface area (Å²) in [6.07, 6.45) is -1.09. The van der Waals surface area contributed by atoms with Crippen LogP contribution in [0, 0.1) is 39.9 Å². The van der Waals surface area contributed by atoms with E-state index in [4.69, 9.17) is 20.7 Å². The molecule has 1 aromatic carbocycles. The fraction of sp³-hybridized carbons (Fsp3) is 0.389. The van der Waals surface area contributed by atoms with Crippen molar-refractivity contribution >= 4 is 5.69 Å². The number of nitrogens with zero attached hydrogens (tertiary/aromatic N) is 4. The standard InChI is InChI=1S/C18H19N5O3/c19-9-13(10-20)17-15(11-21)16(18(26)22-17)12-1-3-14(4-2-12)23(5-7-24)6-8-25/h1-4,15-16,18,22,24-26H,5-8H2. The van der Waals surface area contributed by atoms with Gasteiger partial charge < -0.3 is 25.5 Å². The summed E-state index contributed by atoms with van der Waals surface area (Å²) in [5.41, 5.74) is 1.39. The fourth-order valence-corrected chi connectivity index (χ4v) is 3.11. The summed E-state index contributed by atoms with van der Waals surface area (Å²) in [4.78, 5) is 1.81. The van der Waals surface area contributed by atoms with Crippen molar-refractivity contribution < 1.29 is 15.3 Å². The molecule has 8 heteroatoms. The van der Waals surface area contributed by atoms with Gasteiger partial charge in [0.15, 0.2) is 0 Å². The van der Waals surface area contributed by atoms with E-state index in [9.17, 15) is 10.4 Å². The smallest absolute Gasteiger partial charge is 0.149 e. The van der Waals surface area contributed by atoms with Crippen molar-refractivity contribution in [2.75, 3.05) is 31.2 Å². The number of nitriles is 3. The number of hydrogen-bond acceptors (Lipinski definition) is 8. The first-order valence-corrected chi connectivity index (χ1v) is 8.06. The molecular weight excluding hydrogens is 334 g/mol. The number of anilines is 1. The summed E-state index contributed by atoms with van der Waals surface area (Å²) >= 11 is 0.